The van der Waals surface area contributed by atoms with Crippen molar-refractivity contribution in [2.75, 3.05) is 22.4 Å². The van der Waals surface area contributed by atoms with E-state index >= 15 is 0 Å². The molecule has 0 heterocycles. The topological polar surface area (TPSA) is 66.5 Å². The predicted molar refractivity (Wildman–Crippen MR) is 143 cm³/mol. The lowest BCUT2D eigenvalue weighted by Crippen LogP contribution is -2.37. The molecule has 34 heavy (non-hydrogen) atoms. The van der Waals surface area contributed by atoms with Crippen LogP contribution in [0.25, 0.3) is 0 Å². The van der Waals surface area contributed by atoms with Gasteiger partial charge in [0.1, 0.15) is 6.54 Å². The summed E-state index contributed by atoms with van der Waals surface area (Å²) < 4.78 is 26.0. The van der Waals surface area contributed by atoms with Crippen LogP contribution in [-0.2, 0) is 26.0 Å². The second kappa shape index (κ2) is 10.7. The number of thioether (sulfide) groups is 1. The summed E-state index contributed by atoms with van der Waals surface area (Å²) in [5.74, 6) is 0.436. The van der Waals surface area contributed by atoms with E-state index in [0.717, 1.165) is 33.0 Å². The number of benzene rings is 3. The summed E-state index contributed by atoms with van der Waals surface area (Å²) in [7, 11) is -3.63. The molecule has 0 aromatic heterocycles. The van der Waals surface area contributed by atoms with Crippen molar-refractivity contribution < 1.29 is 13.2 Å². The van der Waals surface area contributed by atoms with Crippen molar-refractivity contribution in [2.24, 2.45) is 0 Å². The zero-order chi connectivity index (χ0) is 24.9. The van der Waals surface area contributed by atoms with E-state index in [9.17, 15) is 13.2 Å². The molecule has 0 aliphatic rings. The van der Waals surface area contributed by atoms with E-state index in [1.807, 2.05) is 55.5 Å². The Morgan fingerprint density at radius 1 is 0.971 bits per heavy atom. The molecule has 0 spiro atoms. The maximum atomic E-state index is 12.8. The van der Waals surface area contributed by atoms with E-state index in [1.165, 1.54) is 4.90 Å². The molecular weight excluding hydrogens is 464 g/mol. The average Bonchev–Trinajstić information content (AvgIpc) is 2.77. The summed E-state index contributed by atoms with van der Waals surface area (Å²) in [4.78, 5) is 14.0. The van der Waals surface area contributed by atoms with Crippen molar-refractivity contribution in [2.45, 2.75) is 43.8 Å². The number of rotatable bonds is 8. The van der Waals surface area contributed by atoms with Gasteiger partial charge in [0.15, 0.2) is 0 Å². The van der Waals surface area contributed by atoms with Gasteiger partial charge in [0.05, 0.1) is 11.9 Å². The zero-order valence-electron chi connectivity index (χ0n) is 20.3. The first-order valence-corrected chi connectivity index (χ1v) is 13.9. The third-order valence-electron chi connectivity index (χ3n) is 5.42. The molecule has 0 aliphatic heterocycles. The minimum atomic E-state index is -3.63. The van der Waals surface area contributed by atoms with Gasteiger partial charge in [0.25, 0.3) is 0 Å². The van der Waals surface area contributed by atoms with Crippen molar-refractivity contribution >= 4 is 39.1 Å². The monoisotopic (exact) mass is 496 g/mol. The van der Waals surface area contributed by atoms with Gasteiger partial charge in [-0.05, 0) is 59.4 Å². The molecule has 7 heteroatoms. The lowest BCUT2D eigenvalue weighted by Gasteiger charge is -2.24. The third-order valence-corrected chi connectivity index (χ3v) is 7.65. The van der Waals surface area contributed by atoms with Gasteiger partial charge >= 0.3 is 0 Å². The molecule has 3 rings (SSSR count). The summed E-state index contributed by atoms with van der Waals surface area (Å²) in [5.41, 5.74) is 4.27. The first kappa shape index (κ1) is 25.8. The fraction of sp³-hybridized carbons (Fsp3) is 0.296. The Hall–Kier alpha value is -2.77. The first-order valence-electron chi connectivity index (χ1n) is 11.1. The molecule has 3 aromatic rings. The standard InChI is InChI=1S/C27H32N2O3S2/c1-20-17-21(19-33-24-9-7-6-8-10-24)11-16-25(20)28-26(30)18-29(34(5,31)32)23-14-12-22(13-15-23)27(2,3)4/h6-17H,18-19H2,1-5H3,(H,28,30). The number of aryl methyl sites for hydroxylation is 1. The molecule has 0 bridgehead atoms. The van der Waals surface area contributed by atoms with E-state index < -0.39 is 10.0 Å². The van der Waals surface area contributed by atoms with Gasteiger partial charge in [0.2, 0.25) is 15.9 Å². The summed E-state index contributed by atoms with van der Waals surface area (Å²) >= 11 is 1.75. The van der Waals surface area contributed by atoms with Gasteiger partial charge in [0, 0.05) is 16.3 Å². The van der Waals surface area contributed by atoms with Gasteiger partial charge in [-0.1, -0.05) is 63.2 Å². The van der Waals surface area contributed by atoms with E-state index in [-0.39, 0.29) is 17.9 Å². The summed E-state index contributed by atoms with van der Waals surface area (Å²) in [5, 5.41) is 2.87. The molecule has 0 atom stereocenters. The Morgan fingerprint density at radius 3 is 2.18 bits per heavy atom. The number of amides is 1. The second-order valence-electron chi connectivity index (χ2n) is 9.37. The molecule has 0 unspecified atom stereocenters. The molecule has 0 aliphatic carbocycles. The molecule has 180 valence electrons. The molecular formula is C27H32N2O3S2. The van der Waals surface area contributed by atoms with E-state index in [2.05, 4.69) is 38.2 Å². The fourth-order valence-corrected chi connectivity index (χ4v) is 5.21. The number of sulfonamides is 1. The summed E-state index contributed by atoms with van der Waals surface area (Å²) in [6.07, 6.45) is 1.11. The number of carbonyl (C=O) groups is 1. The van der Waals surface area contributed by atoms with Crippen LogP contribution in [-0.4, -0.2) is 27.1 Å². The van der Waals surface area contributed by atoms with Crippen molar-refractivity contribution in [3.8, 4) is 0 Å². The van der Waals surface area contributed by atoms with Crippen molar-refractivity contribution in [3.63, 3.8) is 0 Å². The summed E-state index contributed by atoms with van der Waals surface area (Å²) in [6, 6.07) is 23.4. The van der Waals surface area contributed by atoms with Gasteiger partial charge in [-0.3, -0.25) is 9.10 Å². The van der Waals surface area contributed by atoms with Crippen molar-refractivity contribution in [1.29, 1.82) is 0 Å². The summed E-state index contributed by atoms with van der Waals surface area (Å²) in [6.45, 7) is 7.93. The van der Waals surface area contributed by atoms with Gasteiger partial charge in [-0.15, -0.1) is 11.8 Å². The average molecular weight is 497 g/mol. The first-order chi connectivity index (χ1) is 15.9. The maximum absolute atomic E-state index is 12.8. The molecule has 1 amide bonds. The Balaban J connectivity index is 1.68. The normalized spacial score (nSPS) is 11.8. The van der Waals surface area contributed by atoms with Crippen LogP contribution in [0.15, 0.2) is 77.7 Å². The molecule has 0 fully saturated rings. The lowest BCUT2D eigenvalue weighted by molar-refractivity contribution is -0.114. The van der Waals surface area contributed by atoms with Crippen LogP contribution in [0.1, 0.15) is 37.5 Å². The molecule has 5 nitrogen and oxygen atoms in total. The number of hydrogen-bond acceptors (Lipinski definition) is 4. The smallest absolute Gasteiger partial charge is 0.245 e. The molecule has 0 saturated heterocycles. The SMILES string of the molecule is Cc1cc(CSc2ccccc2)ccc1NC(=O)CN(c1ccc(C(C)(C)C)cc1)S(C)(=O)=O. The van der Waals surface area contributed by atoms with Crippen LogP contribution >= 0.6 is 11.8 Å². The highest BCUT2D eigenvalue weighted by atomic mass is 32.2. The third kappa shape index (κ3) is 7.11. The van der Waals surface area contributed by atoms with Gasteiger partial charge < -0.3 is 5.32 Å². The van der Waals surface area contributed by atoms with Gasteiger partial charge in [-0.2, -0.15) is 0 Å². The zero-order valence-corrected chi connectivity index (χ0v) is 22.0. The van der Waals surface area contributed by atoms with Crippen LogP contribution in [0.3, 0.4) is 0 Å². The molecule has 1 N–H and O–H groups in total. The maximum Gasteiger partial charge on any atom is 0.245 e. The van der Waals surface area contributed by atoms with E-state index in [1.54, 1.807) is 23.9 Å². The van der Waals surface area contributed by atoms with Crippen molar-refractivity contribution in [3.05, 3.63) is 89.5 Å². The predicted octanol–water partition coefficient (Wildman–Crippen LogP) is 5.99. The second-order valence-corrected chi connectivity index (χ2v) is 12.3. The van der Waals surface area contributed by atoms with E-state index in [4.69, 9.17) is 0 Å². The fourth-order valence-electron chi connectivity index (χ4n) is 3.49. The van der Waals surface area contributed by atoms with E-state index in [0.29, 0.717) is 11.4 Å². The quantitative estimate of drug-likeness (QED) is 0.389. The number of nitrogens with one attached hydrogen (secondary N) is 1. The molecule has 3 aromatic carbocycles. The Morgan fingerprint density at radius 2 is 1.62 bits per heavy atom. The molecule has 0 radical (unpaired) electrons. The number of hydrogen-bond donors (Lipinski definition) is 1. The number of anilines is 2. The highest BCUT2D eigenvalue weighted by Gasteiger charge is 2.22. The minimum Gasteiger partial charge on any atom is -0.324 e. The van der Waals surface area contributed by atoms with Crippen LogP contribution in [0, 0.1) is 6.92 Å². The van der Waals surface area contributed by atoms with Crippen LogP contribution in [0.4, 0.5) is 11.4 Å². The van der Waals surface area contributed by atoms with Crippen LogP contribution in [0.2, 0.25) is 0 Å². The van der Waals surface area contributed by atoms with Crippen LogP contribution < -0.4 is 9.62 Å². The largest absolute Gasteiger partial charge is 0.324 e. The van der Waals surface area contributed by atoms with Crippen LogP contribution in [0.5, 0.6) is 0 Å². The van der Waals surface area contributed by atoms with Gasteiger partial charge in [-0.25, -0.2) is 8.42 Å². The molecule has 0 saturated carbocycles. The number of nitrogens with zero attached hydrogens (tertiary/aromatic N) is 1. The highest BCUT2D eigenvalue weighted by Crippen LogP contribution is 2.27. The minimum absolute atomic E-state index is 0.0465. The number of carbonyl (C=O) groups excluding carboxylic acids is 1. The highest BCUT2D eigenvalue weighted by molar-refractivity contribution is 7.98. The Kier molecular flexibility index (Phi) is 8.10. The Labute approximate surface area is 207 Å². The lowest BCUT2D eigenvalue weighted by atomic mass is 9.87. The van der Waals surface area contributed by atoms with Crippen molar-refractivity contribution in [1.82, 2.24) is 0 Å². The Bertz CT molecular complexity index is 1230.